The lowest BCUT2D eigenvalue weighted by atomic mass is 10.0. The van der Waals surface area contributed by atoms with Crippen LogP contribution in [0.15, 0.2) is 199 Å². The SMILES string of the molecule is CCCN(CCC)C(=O)c1cc(C(=O)N(Cc2cccc(CC)c2)C[C@@H](O)[C@@H](N)Cc2cc(F)cc(F)c2)cc(S(=O)(=O)NC(C)(C)CO)c1.CCc1cccc(CN(C[C@@H](O)[C@@H](N)Cc2cc(F)cc(F)c2)C(=O)c2cccc(N(C)S(C)(=O)=O)c2)c1.CCc1cccc(CNC[C@@H](OC(=O)c2cccc(N(C)S(C)(=O)=O)c2)[C@@H](N)Cc2cc(F)cc(F)c2)c1. The van der Waals surface area contributed by atoms with Gasteiger partial charge in [0.05, 0.1) is 58.7 Å². The van der Waals surface area contributed by atoms with Crippen molar-refractivity contribution in [3.05, 3.63) is 301 Å². The molecule has 9 aromatic rings. The predicted molar refractivity (Wildman–Crippen MR) is 478 cm³/mol. The number of anilines is 2. The first-order chi connectivity index (χ1) is 59.3. The van der Waals surface area contributed by atoms with E-state index in [1.54, 1.807) is 35.2 Å². The van der Waals surface area contributed by atoms with Crippen LogP contribution < -0.4 is 35.9 Å². The monoisotopic (exact) mass is 1810 g/mol. The molecule has 0 unspecified atom stereocenters. The summed E-state index contributed by atoms with van der Waals surface area (Å²) >= 11 is 0. The van der Waals surface area contributed by atoms with Gasteiger partial charge in [0.15, 0.2) is 0 Å². The fourth-order valence-electron chi connectivity index (χ4n) is 13.6. The second-order valence-corrected chi connectivity index (χ2v) is 37.5. The third kappa shape index (κ3) is 31.8. The Hall–Kier alpha value is -10.4. The highest BCUT2D eigenvalue weighted by Gasteiger charge is 2.33. The molecule has 0 fully saturated rings. The van der Waals surface area contributed by atoms with Gasteiger partial charge < -0.3 is 57.3 Å². The minimum atomic E-state index is -4.35. The Bertz CT molecular complexity index is 5480. The maximum Gasteiger partial charge on any atom is 0.338 e. The molecule has 0 aliphatic rings. The molecular weight excluding hydrogens is 1690 g/mol. The summed E-state index contributed by atoms with van der Waals surface area (Å²) in [4.78, 5) is 58.9. The van der Waals surface area contributed by atoms with Crippen LogP contribution in [-0.2, 0) is 93.0 Å². The second-order valence-electron chi connectivity index (χ2n) is 31.8. The lowest BCUT2D eigenvalue weighted by Crippen LogP contribution is -2.47. The molecule has 0 spiro atoms. The predicted octanol–water partition coefficient (Wildman–Crippen LogP) is 11.7. The number of nitrogens with two attached hydrogens (primary N) is 3. The zero-order chi connectivity index (χ0) is 93.1. The summed E-state index contributed by atoms with van der Waals surface area (Å²) in [6.07, 6.45) is 2.44. The van der Waals surface area contributed by atoms with Crippen LogP contribution in [0.4, 0.5) is 37.7 Å². The van der Waals surface area contributed by atoms with Crippen molar-refractivity contribution in [3.8, 4) is 0 Å². The first-order valence-electron chi connectivity index (χ1n) is 41.2. The molecule has 9 rings (SSSR count). The number of aliphatic hydroxyl groups is 3. The van der Waals surface area contributed by atoms with E-state index in [0.717, 1.165) is 117 Å². The molecule has 0 heterocycles. The average Bonchev–Trinajstić information content (AvgIpc) is 0.777. The summed E-state index contributed by atoms with van der Waals surface area (Å²) in [5.74, 6) is -6.77. The highest BCUT2D eigenvalue weighted by molar-refractivity contribution is 7.92. The van der Waals surface area contributed by atoms with E-state index in [-0.39, 0.29) is 84.7 Å². The van der Waals surface area contributed by atoms with Crippen LogP contribution in [0.25, 0.3) is 0 Å². The summed E-state index contributed by atoms with van der Waals surface area (Å²) in [6, 6.07) is 45.7. The summed E-state index contributed by atoms with van der Waals surface area (Å²) in [6.45, 7) is 13.6. The van der Waals surface area contributed by atoms with E-state index in [1.165, 1.54) is 85.8 Å². The number of ether oxygens (including phenoxy) is 1. The number of nitrogens with zero attached hydrogens (tertiary/aromatic N) is 5. The van der Waals surface area contributed by atoms with Crippen LogP contribution in [0.1, 0.15) is 153 Å². The molecule has 11 N–H and O–H groups in total. The molecule has 682 valence electrons. The first-order valence-corrected chi connectivity index (χ1v) is 46.4. The number of carbonyl (C=O) groups excluding carboxylic acids is 4. The molecule has 24 nitrogen and oxygen atoms in total. The van der Waals surface area contributed by atoms with E-state index in [4.69, 9.17) is 21.9 Å². The number of aryl methyl sites for hydroxylation is 3. The van der Waals surface area contributed by atoms with E-state index >= 15 is 0 Å². The maximum absolute atomic E-state index is 14.4. The van der Waals surface area contributed by atoms with Gasteiger partial charge in [0, 0.05) is 119 Å². The first kappa shape index (κ1) is 103. The van der Waals surface area contributed by atoms with Gasteiger partial charge in [-0.25, -0.2) is 61.1 Å². The van der Waals surface area contributed by atoms with Crippen LogP contribution >= 0.6 is 0 Å². The summed E-state index contributed by atoms with van der Waals surface area (Å²) < 4.78 is 168. The van der Waals surface area contributed by atoms with Gasteiger partial charge in [-0.05, 0) is 206 Å². The number of sulfonamides is 3. The van der Waals surface area contributed by atoms with Crippen molar-refractivity contribution in [2.24, 2.45) is 17.2 Å². The number of rotatable bonds is 41. The van der Waals surface area contributed by atoms with Gasteiger partial charge in [0.2, 0.25) is 30.1 Å². The van der Waals surface area contributed by atoms with E-state index in [1.807, 2.05) is 94.4 Å². The van der Waals surface area contributed by atoms with Gasteiger partial charge in [-0.1, -0.05) is 120 Å². The van der Waals surface area contributed by atoms with E-state index in [0.29, 0.717) is 55.0 Å². The zero-order valence-electron chi connectivity index (χ0n) is 72.8. The lowest BCUT2D eigenvalue weighted by molar-refractivity contribution is 0.0237. The van der Waals surface area contributed by atoms with E-state index in [9.17, 15) is 86.1 Å². The van der Waals surface area contributed by atoms with Crippen LogP contribution in [0.2, 0.25) is 0 Å². The van der Waals surface area contributed by atoms with Gasteiger partial charge in [0.25, 0.3) is 17.7 Å². The molecule has 0 saturated heterocycles. The molecule has 0 aromatic heterocycles. The standard InChI is InChI=1S/C37H50F2N4O6S.2C28H33F2N3O4S/c1-6-12-42(13-7-2)35(46)28-18-29(20-32(19-28)50(48,49)41-37(4,5)24-44)36(47)43(22-26-11-9-10-25(8-3)14-26)23-34(45)33(40)17-27-15-30(38)21-31(39)16-27;1-4-19-7-5-8-20(11-19)17-32-18-27(26(31)14-21-12-23(29)16-24(30)13-21)37-28(34)22-9-6-10-25(15-22)33(2)38(3,35)36;1-4-19-7-5-8-20(11-19)17-33(18-27(34)26(31)14-21-12-23(29)16-24(30)13-21)28(35)22-9-6-10-25(15-22)32(2)38(3,36)37/h9-11,14-16,18-21,33-34,41,44-45H,6-8,12-13,17,22-24,40H2,1-5H3;5-13,15-16,26-27,32H,4,14,17-18,31H2,1-3H3;5-13,15-16,26-27,34H,4,14,17-18,31H2,1-3H3/t33-,34+;2*26-,27+/m000/s1. The molecule has 126 heavy (non-hydrogen) atoms. The van der Waals surface area contributed by atoms with Crippen molar-refractivity contribution in [1.82, 2.24) is 24.7 Å². The van der Waals surface area contributed by atoms with Gasteiger partial charge in [-0.2, -0.15) is 0 Å². The number of nitrogens with one attached hydrogen (secondary N) is 2. The summed E-state index contributed by atoms with van der Waals surface area (Å²) in [5, 5.41) is 35.2. The largest absolute Gasteiger partial charge is 0.456 e. The Morgan fingerprint density at radius 1 is 0.437 bits per heavy atom. The Balaban J connectivity index is 0.000000263. The molecule has 33 heteroatoms. The Morgan fingerprint density at radius 3 is 1.17 bits per heavy atom. The number of benzene rings is 9. The molecule has 9 aromatic carbocycles. The highest BCUT2D eigenvalue weighted by Crippen LogP contribution is 2.27. The molecule has 0 bridgehead atoms. The third-order valence-corrected chi connectivity index (χ3v) is 24.7. The minimum absolute atomic E-state index is 0.00110. The maximum atomic E-state index is 14.4. The molecule has 0 radical (unpaired) electrons. The van der Waals surface area contributed by atoms with E-state index in [2.05, 4.69) is 23.0 Å². The third-order valence-electron chi connectivity index (χ3n) is 20.6. The van der Waals surface area contributed by atoms with Crippen molar-refractivity contribution in [2.75, 3.05) is 74.5 Å². The number of carbonyl (C=O) groups is 4. The summed E-state index contributed by atoms with van der Waals surface area (Å²) in [7, 11) is -8.64. The number of aliphatic hydroxyl groups excluding tert-OH is 3. The van der Waals surface area contributed by atoms with Crippen molar-refractivity contribution < 1.29 is 90.8 Å². The Labute approximate surface area is 735 Å². The Morgan fingerprint density at radius 2 is 0.786 bits per heavy atom. The number of esters is 1. The van der Waals surface area contributed by atoms with Crippen LogP contribution in [0.5, 0.6) is 0 Å². The molecule has 3 amide bonds. The van der Waals surface area contributed by atoms with Crippen LogP contribution in [0.3, 0.4) is 0 Å². The molecule has 0 aliphatic carbocycles. The van der Waals surface area contributed by atoms with Crippen molar-refractivity contribution in [3.63, 3.8) is 0 Å². The smallest absolute Gasteiger partial charge is 0.338 e. The molecule has 6 atom stereocenters. The van der Waals surface area contributed by atoms with Gasteiger partial charge >= 0.3 is 5.97 Å². The number of amides is 3. The van der Waals surface area contributed by atoms with Gasteiger partial charge in [0.1, 0.15) is 41.0 Å². The zero-order valence-corrected chi connectivity index (χ0v) is 75.2. The number of hydrogen-bond acceptors (Lipinski definition) is 18. The minimum Gasteiger partial charge on any atom is -0.456 e. The second kappa shape index (κ2) is 47.4. The molecular formula is C93H116F6N10O14S3. The lowest BCUT2D eigenvalue weighted by Gasteiger charge is -2.29. The van der Waals surface area contributed by atoms with Crippen molar-refractivity contribution in [2.45, 2.75) is 166 Å². The number of hydrogen-bond donors (Lipinski definition) is 8. The average molecular weight is 1810 g/mol. The molecule has 0 aliphatic heterocycles. The highest BCUT2D eigenvalue weighted by atomic mass is 32.2. The quantitative estimate of drug-likeness (QED) is 0.0130. The fourth-order valence-corrected chi connectivity index (χ4v) is 16.1. The number of halogens is 6. The van der Waals surface area contributed by atoms with Crippen molar-refractivity contribution >= 4 is 65.1 Å². The van der Waals surface area contributed by atoms with Crippen molar-refractivity contribution in [1.29, 1.82) is 0 Å². The fraction of sp³-hybridized carbons (Fsp3) is 0.376. The topological polar surface area (TPSA) is 359 Å². The molecule has 0 saturated carbocycles. The van der Waals surface area contributed by atoms with E-state index < -0.39 is 137 Å². The normalized spacial score (nSPS) is 13.1. The van der Waals surface area contributed by atoms with Gasteiger partial charge in [-0.15, -0.1) is 0 Å². The van der Waals surface area contributed by atoms with Gasteiger partial charge in [-0.3, -0.25) is 23.0 Å². The summed E-state index contributed by atoms with van der Waals surface area (Å²) in [5.41, 5.74) is 25.2. The van der Waals surface area contributed by atoms with Crippen LogP contribution in [0, 0.1) is 34.9 Å². The Kier molecular flexibility index (Phi) is 38.6. The van der Waals surface area contributed by atoms with Crippen LogP contribution in [-0.4, -0.2) is 187 Å².